The lowest BCUT2D eigenvalue weighted by atomic mass is 10.3. The number of nitrogens with two attached hydrogens (primary N) is 1. The number of rotatable bonds is 3. The van der Waals surface area contributed by atoms with Gasteiger partial charge in [-0.25, -0.2) is 4.90 Å². The smallest absolute Gasteiger partial charge is 0.247 e. The predicted octanol–water partition coefficient (Wildman–Crippen LogP) is 4.00. The minimum absolute atomic E-state index is 0.127. The van der Waals surface area contributed by atoms with Crippen molar-refractivity contribution in [3.63, 3.8) is 0 Å². The molecule has 1 saturated heterocycles. The molecule has 4 nitrogen and oxygen atoms in total. The maximum absolute atomic E-state index is 12.6. The normalized spacial score (nSPS) is 17.8. The summed E-state index contributed by atoms with van der Waals surface area (Å²) in [6.45, 7) is 0. The molecule has 1 atom stereocenters. The second-order valence-electron chi connectivity index (χ2n) is 5.08. The number of amides is 2. The van der Waals surface area contributed by atoms with Gasteiger partial charge in [0.25, 0.3) is 0 Å². The average Bonchev–Trinajstić information content (AvgIpc) is 2.72. The summed E-state index contributed by atoms with van der Waals surface area (Å²) in [7, 11) is 0. The van der Waals surface area contributed by atoms with Gasteiger partial charge < -0.3 is 5.73 Å². The monoisotopic (exact) mass is 366 g/mol. The number of hydrogen-bond donors (Lipinski definition) is 1. The third-order valence-electron chi connectivity index (χ3n) is 3.35. The van der Waals surface area contributed by atoms with Crippen molar-refractivity contribution in [2.45, 2.75) is 16.6 Å². The molecule has 1 heterocycles. The molecule has 0 aliphatic carbocycles. The lowest BCUT2D eigenvalue weighted by molar-refractivity contribution is -0.121. The van der Waals surface area contributed by atoms with E-state index in [-0.39, 0.29) is 18.2 Å². The summed E-state index contributed by atoms with van der Waals surface area (Å²) in [5.74, 6) is -0.546. The third kappa shape index (κ3) is 3.47. The molecule has 0 spiro atoms. The summed E-state index contributed by atoms with van der Waals surface area (Å²) >= 11 is 13.2. The maximum atomic E-state index is 12.6. The van der Waals surface area contributed by atoms with Crippen LogP contribution >= 0.6 is 35.0 Å². The van der Waals surface area contributed by atoms with Crippen molar-refractivity contribution >= 4 is 58.2 Å². The van der Waals surface area contributed by atoms with Gasteiger partial charge in [-0.1, -0.05) is 29.3 Å². The largest absolute Gasteiger partial charge is 0.399 e. The molecular formula is C16H12Cl2N2O2S. The molecular weight excluding hydrogens is 355 g/mol. The lowest BCUT2D eigenvalue weighted by Gasteiger charge is -2.15. The number of imide groups is 1. The van der Waals surface area contributed by atoms with Gasteiger partial charge in [0, 0.05) is 27.0 Å². The molecule has 23 heavy (non-hydrogen) atoms. The molecule has 2 aromatic rings. The van der Waals surface area contributed by atoms with Crippen LogP contribution in [0.15, 0.2) is 47.4 Å². The summed E-state index contributed by atoms with van der Waals surface area (Å²) in [5.41, 5.74) is 6.75. The summed E-state index contributed by atoms with van der Waals surface area (Å²) in [5, 5.41) is 0.266. The van der Waals surface area contributed by atoms with Gasteiger partial charge in [-0.05, 0) is 36.4 Å². The molecule has 0 saturated carbocycles. The molecule has 2 aromatic carbocycles. The van der Waals surface area contributed by atoms with Crippen LogP contribution in [0.4, 0.5) is 11.4 Å². The first-order chi connectivity index (χ1) is 10.9. The van der Waals surface area contributed by atoms with E-state index in [0.717, 1.165) is 9.80 Å². The molecule has 0 unspecified atom stereocenters. The number of benzene rings is 2. The molecule has 0 aromatic heterocycles. The van der Waals surface area contributed by atoms with Crippen molar-refractivity contribution in [1.29, 1.82) is 0 Å². The second-order valence-corrected chi connectivity index (χ2v) is 7.23. The van der Waals surface area contributed by atoms with E-state index in [2.05, 4.69) is 0 Å². The molecule has 1 aliphatic heterocycles. The SMILES string of the molecule is Nc1cccc(S[C@H]2CC(=O)N(c3cc(Cl)cc(Cl)c3)C2=O)c1. The van der Waals surface area contributed by atoms with Crippen LogP contribution in [-0.4, -0.2) is 17.1 Å². The van der Waals surface area contributed by atoms with Crippen LogP contribution in [0.2, 0.25) is 10.0 Å². The van der Waals surface area contributed by atoms with Crippen molar-refractivity contribution in [3.05, 3.63) is 52.5 Å². The van der Waals surface area contributed by atoms with Gasteiger partial charge in [-0.2, -0.15) is 0 Å². The molecule has 118 valence electrons. The van der Waals surface area contributed by atoms with E-state index in [0.29, 0.717) is 21.4 Å². The predicted molar refractivity (Wildman–Crippen MR) is 94.1 cm³/mol. The molecule has 2 N–H and O–H groups in total. The Labute approximate surface area is 147 Å². The van der Waals surface area contributed by atoms with Gasteiger partial charge in [-0.3, -0.25) is 9.59 Å². The van der Waals surface area contributed by atoms with Crippen LogP contribution in [0.25, 0.3) is 0 Å². The minimum atomic E-state index is -0.484. The van der Waals surface area contributed by atoms with Gasteiger partial charge in [0.2, 0.25) is 11.8 Å². The van der Waals surface area contributed by atoms with Gasteiger partial charge in [-0.15, -0.1) is 11.8 Å². The Morgan fingerprint density at radius 2 is 1.78 bits per heavy atom. The van der Waals surface area contributed by atoms with Crippen molar-refractivity contribution in [3.8, 4) is 0 Å². The number of carbonyl (C=O) groups is 2. The van der Waals surface area contributed by atoms with Gasteiger partial charge in [0.1, 0.15) is 0 Å². The highest BCUT2D eigenvalue weighted by Crippen LogP contribution is 2.36. The Balaban J connectivity index is 1.85. The van der Waals surface area contributed by atoms with Crippen molar-refractivity contribution in [2.75, 3.05) is 10.6 Å². The zero-order valence-corrected chi connectivity index (χ0v) is 14.2. The van der Waals surface area contributed by atoms with Crippen molar-refractivity contribution in [1.82, 2.24) is 0 Å². The van der Waals surface area contributed by atoms with E-state index in [4.69, 9.17) is 28.9 Å². The van der Waals surface area contributed by atoms with Gasteiger partial charge in [0.15, 0.2) is 0 Å². The van der Waals surface area contributed by atoms with Crippen LogP contribution in [0.3, 0.4) is 0 Å². The van der Waals surface area contributed by atoms with Crippen LogP contribution in [0.5, 0.6) is 0 Å². The van der Waals surface area contributed by atoms with E-state index < -0.39 is 5.25 Å². The topological polar surface area (TPSA) is 63.4 Å². The Morgan fingerprint density at radius 1 is 1.09 bits per heavy atom. The van der Waals surface area contributed by atoms with E-state index in [1.54, 1.807) is 30.3 Å². The first-order valence-electron chi connectivity index (χ1n) is 6.79. The molecule has 0 bridgehead atoms. The number of halogens is 2. The fourth-order valence-electron chi connectivity index (χ4n) is 2.39. The van der Waals surface area contributed by atoms with Crippen LogP contribution in [0.1, 0.15) is 6.42 Å². The highest BCUT2D eigenvalue weighted by atomic mass is 35.5. The van der Waals surface area contributed by atoms with E-state index in [1.807, 2.05) is 12.1 Å². The number of hydrogen-bond acceptors (Lipinski definition) is 4. The Hall–Kier alpha value is -1.69. The fourth-order valence-corrected chi connectivity index (χ4v) is 4.02. The van der Waals surface area contributed by atoms with Crippen molar-refractivity contribution < 1.29 is 9.59 Å². The minimum Gasteiger partial charge on any atom is -0.399 e. The standard InChI is InChI=1S/C16H12Cl2N2O2S/c17-9-4-10(18)6-12(5-9)20-15(21)8-14(16(20)22)23-13-3-1-2-11(19)7-13/h1-7,14H,8,19H2/t14-/m0/s1. The maximum Gasteiger partial charge on any atom is 0.247 e. The van der Waals surface area contributed by atoms with E-state index in [1.165, 1.54) is 11.8 Å². The van der Waals surface area contributed by atoms with Crippen LogP contribution in [0, 0.1) is 0 Å². The average molecular weight is 367 g/mol. The molecule has 7 heteroatoms. The molecule has 1 aliphatic rings. The summed E-state index contributed by atoms with van der Waals surface area (Å²) < 4.78 is 0. The van der Waals surface area contributed by atoms with Crippen LogP contribution < -0.4 is 10.6 Å². The van der Waals surface area contributed by atoms with E-state index in [9.17, 15) is 9.59 Å². The molecule has 1 fully saturated rings. The third-order valence-corrected chi connectivity index (χ3v) is 4.96. The molecule has 2 amide bonds. The molecule has 0 radical (unpaired) electrons. The van der Waals surface area contributed by atoms with Crippen LogP contribution in [-0.2, 0) is 9.59 Å². The van der Waals surface area contributed by atoms with E-state index >= 15 is 0 Å². The zero-order valence-electron chi connectivity index (χ0n) is 11.8. The Kier molecular flexibility index (Phi) is 4.53. The Morgan fingerprint density at radius 3 is 2.43 bits per heavy atom. The second kappa shape index (κ2) is 6.43. The first kappa shape index (κ1) is 16.2. The van der Waals surface area contributed by atoms with Crippen molar-refractivity contribution in [2.24, 2.45) is 0 Å². The molecule has 3 rings (SSSR count). The number of nitrogen functional groups attached to an aromatic ring is 1. The first-order valence-corrected chi connectivity index (χ1v) is 8.43. The quantitative estimate of drug-likeness (QED) is 0.658. The summed E-state index contributed by atoms with van der Waals surface area (Å²) in [4.78, 5) is 26.8. The number of anilines is 2. The number of carbonyl (C=O) groups excluding carboxylic acids is 2. The number of nitrogens with zero attached hydrogens (tertiary/aromatic N) is 1. The number of thioether (sulfide) groups is 1. The lowest BCUT2D eigenvalue weighted by Crippen LogP contribution is -2.31. The van der Waals surface area contributed by atoms with Gasteiger partial charge in [0.05, 0.1) is 10.9 Å². The highest BCUT2D eigenvalue weighted by Gasteiger charge is 2.40. The van der Waals surface area contributed by atoms with Gasteiger partial charge >= 0.3 is 0 Å². The fraction of sp³-hybridized carbons (Fsp3) is 0.125. The summed E-state index contributed by atoms with van der Waals surface area (Å²) in [6, 6.07) is 11.9. The zero-order chi connectivity index (χ0) is 16.6. The Bertz CT molecular complexity index is 777. The summed E-state index contributed by atoms with van der Waals surface area (Å²) in [6.07, 6.45) is 0.127. The highest BCUT2D eigenvalue weighted by molar-refractivity contribution is 8.00.